The molecular formula is C15H20ClNO4. The number of aliphatic hydroxyl groups excluding tert-OH is 1. The minimum Gasteiger partial charge on any atom is -0.454 e. The standard InChI is InChI=1S/C12H15NO2.C3H5ClO2/c14-9-7-10-6-8-13(12(10)15)11-4-2-1-3-5-11;1-2-6-3(4)5/h1-5,10,14H,6-9H2;2H2,1H3. The number of para-hydroxylation sites is 1. The summed E-state index contributed by atoms with van der Waals surface area (Å²) in [6.07, 6.45) is 1.44. The minimum atomic E-state index is -0.738. The van der Waals surface area contributed by atoms with Crippen LogP contribution in [0.1, 0.15) is 19.8 Å². The van der Waals surface area contributed by atoms with E-state index in [0.29, 0.717) is 13.0 Å². The van der Waals surface area contributed by atoms with Gasteiger partial charge in [-0.2, -0.15) is 0 Å². The van der Waals surface area contributed by atoms with Crippen molar-refractivity contribution in [2.75, 3.05) is 24.7 Å². The van der Waals surface area contributed by atoms with Gasteiger partial charge in [0.2, 0.25) is 5.91 Å². The molecule has 1 aliphatic heterocycles. The van der Waals surface area contributed by atoms with E-state index in [1.54, 1.807) is 11.8 Å². The summed E-state index contributed by atoms with van der Waals surface area (Å²) in [7, 11) is 0. The molecule has 1 aliphatic rings. The minimum absolute atomic E-state index is 0.00945. The number of rotatable bonds is 4. The summed E-state index contributed by atoms with van der Waals surface area (Å²) >= 11 is 4.72. The average Bonchev–Trinajstić information content (AvgIpc) is 2.82. The van der Waals surface area contributed by atoms with Crippen LogP contribution in [-0.2, 0) is 9.53 Å². The molecular weight excluding hydrogens is 294 g/mol. The lowest BCUT2D eigenvalue weighted by molar-refractivity contribution is -0.120. The summed E-state index contributed by atoms with van der Waals surface area (Å²) in [5.41, 5.74) is 0.223. The van der Waals surface area contributed by atoms with Gasteiger partial charge < -0.3 is 14.7 Å². The maximum absolute atomic E-state index is 11.9. The first-order chi connectivity index (χ1) is 10.1. The molecule has 1 heterocycles. The third-order valence-electron chi connectivity index (χ3n) is 3.12. The smallest absolute Gasteiger partial charge is 0.403 e. The summed E-state index contributed by atoms with van der Waals surface area (Å²) in [6.45, 7) is 2.91. The summed E-state index contributed by atoms with van der Waals surface area (Å²) < 4.78 is 4.17. The van der Waals surface area contributed by atoms with Crippen molar-refractivity contribution >= 4 is 28.6 Å². The summed E-state index contributed by atoms with van der Waals surface area (Å²) in [5, 5.41) is 8.83. The average molecular weight is 314 g/mol. The first-order valence-corrected chi connectivity index (χ1v) is 7.27. The SMILES string of the molecule is CCOC(=O)Cl.O=C1C(CCO)CCN1c1ccccc1. The number of aliphatic hydroxyl groups is 1. The van der Waals surface area contributed by atoms with E-state index in [-0.39, 0.29) is 18.4 Å². The molecule has 1 atom stereocenters. The second kappa shape index (κ2) is 9.37. The van der Waals surface area contributed by atoms with E-state index in [4.69, 9.17) is 16.7 Å². The monoisotopic (exact) mass is 313 g/mol. The molecule has 0 aliphatic carbocycles. The van der Waals surface area contributed by atoms with Crippen molar-refractivity contribution in [2.45, 2.75) is 19.8 Å². The molecule has 0 spiro atoms. The maximum Gasteiger partial charge on any atom is 0.403 e. The third kappa shape index (κ3) is 5.73. The molecule has 0 bridgehead atoms. The first kappa shape index (κ1) is 17.5. The Morgan fingerprint density at radius 1 is 1.43 bits per heavy atom. The summed E-state index contributed by atoms with van der Waals surface area (Å²) in [5.74, 6) is 0.158. The van der Waals surface area contributed by atoms with E-state index in [2.05, 4.69) is 4.74 Å². The molecule has 1 saturated heterocycles. The van der Waals surface area contributed by atoms with Crippen LogP contribution >= 0.6 is 11.6 Å². The van der Waals surface area contributed by atoms with Crippen molar-refractivity contribution in [3.05, 3.63) is 30.3 Å². The fourth-order valence-corrected chi connectivity index (χ4v) is 2.25. The van der Waals surface area contributed by atoms with Gasteiger partial charge in [0.25, 0.3) is 0 Å². The van der Waals surface area contributed by atoms with Gasteiger partial charge in [-0.25, -0.2) is 4.79 Å². The number of anilines is 1. The van der Waals surface area contributed by atoms with Crippen molar-refractivity contribution < 1.29 is 19.4 Å². The molecule has 1 unspecified atom stereocenters. The van der Waals surface area contributed by atoms with Crippen molar-refractivity contribution in [2.24, 2.45) is 5.92 Å². The van der Waals surface area contributed by atoms with E-state index < -0.39 is 5.43 Å². The molecule has 1 fully saturated rings. The number of benzene rings is 1. The molecule has 1 aromatic carbocycles. The quantitative estimate of drug-likeness (QED) is 0.868. The van der Waals surface area contributed by atoms with Crippen LogP contribution in [0, 0.1) is 5.92 Å². The molecule has 0 aromatic heterocycles. The van der Waals surface area contributed by atoms with Crippen LogP contribution in [0.4, 0.5) is 10.5 Å². The lowest BCUT2D eigenvalue weighted by Gasteiger charge is -2.16. The van der Waals surface area contributed by atoms with E-state index in [0.717, 1.165) is 18.7 Å². The van der Waals surface area contributed by atoms with E-state index in [1.165, 1.54) is 0 Å². The number of carbonyl (C=O) groups is 2. The Morgan fingerprint density at radius 3 is 2.57 bits per heavy atom. The third-order valence-corrected chi connectivity index (χ3v) is 3.23. The lowest BCUT2D eigenvalue weighted by Crippen LogP contribution is -2.27. The van der Waals surface area contributed by atoms with Gasteiger partial charge in [0.1, 0.15) is 0 Å². The zero-order valence-corrected chi connectivity index (χ0v) is 12.8. The van der Waals surface area contributed by atoms with Crippen LogP contribution in [0.3, 0.4) is 0 Å². The van der Waals surface area contributed by atoms with Gasteiger partial charge in [0, 0.05) is 36.4 Å². The predicted molar refractivity (Wildman–Crippen MR) is 81.5 cm³/mol. The summed E-state index contributed by atoms with van der Waals surface area (Å²) in [4.78, 5) is 23.3. The molecule has 0 radical (unpaired) electrons. The van der Waals surface area contributed by atoms with Crippen LogP contribution in [0.15, 0.2) is 30.3 Å². The van der Waals surface area contributed by atoms with Gasteiger partial charge in [-0.05, 0) is 31.9 Å². The van der Waals surface area contributed by atoms with Crippen molar-refractivity contribution in [1.82, 2.24) is 0 Å². The molecule has 1 aromatic rings. The van der Waals surface area contributed by atoms with Gasteiger partial charge in [-0.15, -0.1) is 0 Å². The highest BCUT2D eigenvalue weighted by Crippen LogP contribution is 2.26. The van der Waals surface area contributed by atoms with Crippen LogP contribution in [0.25, 0.3) is 0 Å². The van der Waals surface area contributed by atoms with Crippen LogP contribution in [0.2, 0.25) is 0 Å². The highest BCUT2D eigenvalue weighted by molar-refractivity contribution is 6.61. The van der Waals surface area contributed by atoms with Crippen molar-refractivity contribution in [3.8, 4) is 0 Å². The predicted octanol–water partition coefficient (Wildman–Crippen LogP) is 2.80. The molecule has 6 heteroatoms. The number of hydrogen-bond donors (Lipinski definition) is 1. The number of carbonyl (C=O) groups excluding carboxylic acids is 2. The zero-order chi connectivity index (χ0) is 15.7. The topological polar surface area (TPSA) is 66.8 Å². The van der Waals surface area contributed by atoms with E-state index in [1.807, 2.05) is 30.3 Å². The Balaban J connectivity index is 0.000000315. The largest absolute Gasteiger partial charge is 0.454 e. The first-order valence-electron chi connectivity index (χ1n) is 6.89. The number of amides is 1. The van der Waals surface area contributed by atoms with Crippen molar-refractivity contribution in [1.29, 1.82) is 0 Å². The fraction of sp³-hybridized carbons (Fsp3) is 0.467. The van der Waals surface area contributed by atoms with Crippen LogP contribution in [-0.4, -0.2) is 36.2 Å². The molecule has 1 amide bonds. The second-order valence-corrected chi connectivity index (χ2v) is 4.80. The lowest BCUT2D eigenvalue weighted by atomic mass is 10.1. The molecule has 5 nitrogen and oxygen atoms in total. The zero-order valence-electron chi connectivity index (χ0n) is 12.0. The molecule has 1 N–H and O–H groups in total. The van der Waals surface area contributed by atoms with Gasteiger partial charge in [-0.3, -0.25) is 4.79 Å². The maximum atomic E-state index is 11.9. The summed E-state index contributed by atoms with van der Waals surface area (Å²) in [6, 6.07) is 9.69. The van der Waals surface area contributed by atoms with Gasteiger partial charge in [-0.1, -0.05) is 18.2 Å². The molecule has 2 rings (SSSR count). The Labute approximate surface area is 129 Å². The second-order valence-electron chi connectivity index (χ2n) is 4.49. The Bertz CT molecular complexity index is 452. The number of halogens is 1. The van der Waals surface area contributed by atoms with Gasteiger partial charge in [0.05, 0.1) is 6.61 Å². The highest BCUT2D eigenvalue weighted by atomic mass is 35.5. The fourth-order valence-electron chi connectivity index (χ4n) is 2.14. The number of hydrogen-bond acceptors (Lipinski definition) is 4. The van der Waals surface area contributed by atoms with Gasteiger partial charge in [0.15, 0.2) is 0 Å². The Morgan fingerprint density at radius 2 is 2.10 bits per heavy atom. The molecule has 0 saturated carbocycles. The number of nitrogens with zero attached hydrogens (tertiary/aromatic N) is 1. The normalized spacial score (nSPS) is 17.2. The number of ether oxygens (including phenoxy) is 1. The molecule has 116 valence electrons. The van der Waals surface area contributed by atoms with Crippen LogP contribution in [0.5, 0.6) is 0 Å². The van der Waals surface area contributed by atoms with Crippen LogP contribution < -0.4 is 4.90 Å². The van der Waals surface area contributed by atoms with E-state index >= 15 is 0 Å². The highest BCUT2D eigenvalue weighted by Gasteiger charge is 2.31. The Hall–Kier alpha value is -1.59. The Kier molecular flexibility index (Phi) is 7.79. The van der Waals surface area contributed by atoms with E-state index in [9.17, 15) is 9.59 Å². The van der Waals surface area contributed by atoms with Crippen molar-refractivity contribution in [3.63, 3.8) is 0 Å². The molecule has 21 heavy (non-hydrogen) atoms. The van der Waals surface area contributed by atoms with Gasteiger partial charge >= 0.3 is 5.43 Å².